The number of aliphatic carboxylic acids is 1. The molecule has 1 rings (SSSR count). The van der Waals surface area contributed by atoms with E-state index in [1.54, 1.807) is 0 Å². The molecule has 0 spiro atoms. The van der Waals surface area contributed by atoms with E-state index in [2.05, 4.69) is 6.92 Å². The van der Waals surface area contributed by atoms with Crippen molar-refractivity contribution in [3.63, 3.8) is 0 Å². The largest absolute Gasteiger partial charge is 0.480 e. The zero-order chi connectivity index (χ0) is 12.2. The van der Waals surface area contributed by atoms with E-state index in [0.29, 0.717) is 0 Å². The fourth-order valence-electron chi connectivity index (χ4n) is 1.46. The molecule has 1 atom stereocenters. The maximum atomic E-state index is 11.0. The lowest BCUT2D eigenvalue weighted by Crippen LogP contribution is -2.28. The zero-order valence-corrected chi connectivity index (χ0v) is 9.53. The molecule has 0 aliphatic heterocycles. The van der Waals surface area contributed by atoms with Gasteiger partial charge >= 0.3 is 5.97 Å². The van der Waals surface area contributed by atoms with Gasteiger partial charge in [0.05, 0.1) is 6.07 Å². The molecule has 1 N–H and O–H groups in total. The molecule has 1 unspecified atom stereocenters. The van der Waals surface area contributed by atoms with Crippen molar-refractivity contribution in [2.45, 2.75) is 26.7 Å². The van der Waals surface area contributed by atoms with Gasteiger partial charge in [-0.3, -0.25) is 4.79 Å². The van der Waals surface area contributed by atoms with Crippen LogP contribution in [-0.4, -0.2) is 11.1 Å². The number of nitrogens with zero attached hydrogens (tertiary/aromatic N) is 1. The van der Waals surface area contributed by atoms with Crippen molar-refractivity contribution in [1.82, 2.24) is 0 Å². The standard InChI is InChI=1S/C13H15NO2/c1-3-10-4-6-11(7-5-10)8-13(2,9-14)12(15)16/h4-7H,3,8H2,1-2H3,(H,15,16). The van der Waals surface area contributed by atoms with E-state index in [1.807, 2.05) is 30.3 Å². The number of rotatable bonds is 4. The molecule has 0 heterocycles. The van der Waals surface area contributed by atoms with Gasteiger partial charge in [0, 0.05) is 6.42 Å². The smallest absolute Gasteiger partial charge is 0.324 e. The molecule has 0 aliphatic rings. The van der Waals surface area contributed by atoms with Gasteiger partial charge in [-0.25, -0.2) is 0 Å². The molecule has 0 radical (unpaired) electrons. The number of aryl methyl sites for hydroxylation is 1. The summed E-state index contributed by atoms with van der Waals surface area (Å²) in [4.78, 5) is 11.0. The van der Waals surface area contributed by atoms with E-state index in [1.165, 1.54) is 12.5 Å². The molecule has 0 amide bonds. The highest BCUT2D eigenvalue weighted by molar-refractivity contribution is 5.77. The third-order valence-corrected chi connectivity index (χ3v) is 2.71. The molecule has 3 heteroatoms. The fraction of sp³-hybridized carbons (Fsp3) is 0.385. The summed E-state index contributed by atoms with van der Waals surface area (Å²) >= 11 is 0. The Hall–Kier alpha value is -1.82. The normalized spacial score (nSPS) is 13.8. The van der Waals surface area contributed by atoms with Crippen molar-refractivity contribution < 1.29 is 9.90 Å². The Labute approximate surface area is 95.3 Å². The highest BCUT2D eigenvalue weighted by Gasteiger charge is 2.33. The quantitative estimate of drug-likeness (QED) is 0.842. The Balaban J connectivity index is 2.88. The van der Waals surface area contributed by atoms with Crippen LogP contribution in [0, 0.1) is 16.7 Å². The maximum Gasteiger partial charge on any atom is 0.324 e. The van der Waals surface area contributed by atoms with Crippen LogP contribution >= 0.6 is 0 Å². The van der Waals surface area contributed by atoms with Crippen LogP contribution in [0.25, 0.3) is 0 Å². The number of benzene rings is 1. The SMILES string of the molecule is CCc1ccc(CC(C)(C#N)C(=O)O)cc1. The number of nitriles is 1. The van der Waals surface area contributed by atoms with Crippen molar-refractivity contribution >= 4 is 5.97 Å². The summed E-state index contributed by atoms with van der Waals surface area (Å²) in [6, 6.07) is 9.56. The van der Waals surface area contributed by atoms with Crippen LogP contribution in [0.3, 0.4) is 0 Å². The van der Waals surface area contributed by atoms with E-state index in [-0.39, 0.29) is 6.42 Å². The average molecular weight is 217 g/mol. The van der Waals surface area contributed by atoms with E-state index < -0.39 is 11.4 Å². The predicted molar refractivity (Wildman–Crippen MR) is 60.9 cm³/mol. The lowest BCUT2D eigenvalue weighted by atomic mass is 9.85. The van der Waals surface area contributed by atoms with Crippen LogP contribution < -0.4 is 0 Å². The van der Waals surface area contributed by atoms with Crippen molar-refractivity contribution in [3.8, 4) is 6.07 Å². The van der Waals surface area contributed by atoms with Crippen LogP contribution in [0.5, 0.6) is 0 Å². The molecule has 0 saturated heterocycles. The first-order chi connectivity index (χ1) is 7.51. The summed E-state index contributed by atoms with van der Waals surface area (Å²) in [7, 11) is 0. The minimum absolute atomic E-state index is 0.239. The number of carbonyl (C=O) groups is 1. The third kappa shape index (κ3) is 2.60. The second-order valence-corrected chi connectivity index (χ2v) is 4.10. The molecule has 0 fully saturated rings. The average Bonchev–Trinajstić information content (AvgIpc) is 2.29. The summed E-state index contributed by atoms with van der Waals surface area (Å²) in [5, 5.41) is 17.9. The van der Waals surface area contributed by atoms with Crippen LogP contribution in [0.4, 0.5) is 0 Å². The van der Waals surface area contributed by atoms with Crippen molar-refractivity contribution in [3.05, 3.63) is 35.4 Å². The van der Waals surface area contributed by atoms with Crippen molar-refractivity contribution in [1.29, 1.82) is 5.26 Å². The lowest BCUT2D eigenvalue weighted by molar-refractivity contribution is -0.144. The van der Waals surface area contributed by atoms with Gasteiger partial charge in [0.25, 0.3) is 0 Å². The van der Waals surface area contributed by atoms with Gasteiger partial charge in [0.1, 0.15) is 0 Å². The third-order valence-electron chi connectivity index (χ3n) is 2.71. The Bertz CT molecular complexity index is 417. The molecule has 1 aromatic carbocycles. The van der Waals surface area contributed by atoms with E-state index in [4.69, 9.17) is 10.4 Å². The molecule has 0 saturated carbocycles. The number of hydrogen-bond acceptors (Lipinski definition) is 2. The Morgan fingerprint density at radius 2 is 1.88 bits per heavy atom. The monoisotopic (exact) mass is 217 g/mol. The van der Waals surface area contributed by atoms with Gasteiger partial charge in [-0.2, -0.15) is 5.26 Å². The first kappa shape index (κ1) is 12.3. The van der Waals surface area contributed by atoms with Gasteiger partial charge < -0.3 is 5.11 Å². The topological polar surface area (TPSA) is 61.1 Å². The highest BCUT2D eigenvalue weighted by Crippen LogP contribution is 2.22. The van der Waals surface area contributed by atoms with Crippen LogP contribution in [-0.2, 0) is 17.6 Å². The predicted octanol–water partition coefficient (Wildman–Crippen LogP) is 2.41. The minimum Gasteiger partial charge on any atom is -0.480 e. The molecule has 3 nitrogen and oxygen atoms in total. The number of carboxylic acid groups (broad SMARTS) is 1. The maximum absolute atomic E-state index is 11.0. The molecule has 0 bridgehead atoms. The summed E-state index contributed by atoms with van der Waals surface area (Å²) in [5.41, 5.74) is 0.745. The molecular weight excluding hydrogens is 202 g/mol. The molecule has 16 heavy (non-hydrogen) atoms. The van der Waals surface area contributed by atoms with Gasteiger partial charge in [0.15, 0.2) is 5.41 Å². The summed E-state index contributed by atoms with van der Waals surface area (Å²) < 4.78 is 0. The van der Waals surface area contributed by atoms with Gasteiger partial charge in [0.2, 0.25) is 0 Å². The van der Waals surface area contributed by atoms with Gasteiger partial charge in [-0.05, 0) is 24.5 Å². The van der Waals surface area contributed by atoms with E-state index >= 15 is 0 Å². The minimum atomic E-state index is -1.34. The Morgan fingerprint density at radius 3 is 2.25 bits per heavy atom. The lowest BCUT2D eigenvalue weighted by Gasteiger charge is -2.15. The summed E-state index contributed by atoms with van der Waals surface area (Å²) in [5.74, 6) is -1.07. The number of hydrogen-bond donors (Lipinski definition) is 1. The van der Waals surface area contributed by atoms with Crippen molar-refractivity contribution in [2.24, 2.45) is 5.41 Å². The Kier molecular flexibility index (Phi) is 3.68. The van der Waals surface area contributed by atoms with Gasteiger partial charge in [-0.15, -0.1) is 0 Å². The van der Waals surface area contributed by atoms with E-state index in [0.717, 1.165) is 12.0 Å². The fourth-order valence-corrected chi connectivity index (χ4v) is 1.46. The van der Waals surface area contributed by atoms with Crippen LogP contribution in [0.1, 0.15) is 25.0 Å². The molecule has 84 valence electrons. The van der Waals surface area contributed by atoms with Gasteiger partial charge in [-0.1, -0.05) is 31.2 Å². The zero-order valence-electron chi connectivity index (χ0n) is 9.53. The first-order valence-electron chi connectivity index (χ1n) is 5.24. The molecule has 1 aromatic rings. The van der Waals surface area contributed by atoms with Crippen molar-refractivity contribution in [2.75, 3.05) is 0 Å². The molecule has 0 aromatic heterocycles. The number of carboxylic acids is 1. The van der Waals surface area contributed by atoms with Crippen LogP contribution in [0.15, 0.2) is 24.3 Å². The molecule has 0 aliphatic carbocycles. The second kappa shape index (κ2) is 4.80. The first-order valence-corrected chi connectivity index (χ1v) is 5.24. The van der Waals surface area contributed by atoms with Crippen LogP contribution in [0.2, 0.25) is 0 Å². The molecular formula is C13H15NO2. The second-order valence-electron chi connectivity index (χ2n) is 4.10. The summed E-state index contributed by atoms with van der Waals surface area (Å²) in [6.07, 6.45) is 1.19. The highest BCUT2D eigenvalue weighted by atomic mass is 16.4. The summed E-state index contributed by atoms with van der Waals surface area (Å²) in [6.45, 7) is 3.51. The Morgan fingerprint density at radius 1 is 1.38 bits per heavy atom. The van der Waals surface area contributed by atoms with E-state index in [9.17, 15) is 4.79 Å².